The van der Waals surface area contributed by atoms with Gasteiger partial charge < -0.3 is 0 Å². The van der Waals surface area contributed by atoms with E-state index in [4.69, 9.17) is 5.84 Å². The van der Waals surface area contributed by atoms with Gasteiger partial charge in [-0.1, -0.05) is 65.7 Å². The third kappa shape index (κ3) is 5.83. The Bertz CT molecular complexity index is 209. The van der Waals surface area contributed by atoms with Crippen LogP contribution in [0.25, 0.3) is 0 Å². The molecule has 1 aliphatic carbocycles. The molecule has 0 radical (unpaired) electrons. The molecule has 1 aliphatic rings. The summed E-state index contributed by atoms with van der Waals surface area (Å²) in [5.41, 5.74) is 3.15. The van der Waals surface area contributed by atoms with Gasteiger partial charge in [-0.3, -0.25) is 11.3 Å². The maximum absolute atomic E-state index is 5.85. The van der Waals surface area contributed by atoms with Crippen molar-refractivity contribution in [1.82, 2.24) is 5.43 Å². The van der Waals surface area contributed by atoms with Crippen LogP contribution in [0.5, 0.6) is 0 Å². The third-order valence-electron chi connectivity index (χ3n) is 5.38. The number of nitrogens with two attached hydrogens (primary N) is 1. The fraction of sp³-hybridized carbons (Fsp3) is 1.00. The van der Waals surface area contributed by atoms with E-state index in [-0.39, 0.29) is 0 Å². The number of hydrogen-bond donors (Lipinski definition) is 2. The first-order chi connectivity index (χ1) is 9.24. The molecule has 0 amide bonds. The minimum Gasteiger partial charge on any atom is -0.271 e. The molecule has 1 rings (SSSR count). The minimum atomic E-state index is 0.555. The van der Waals surface area contributed by atoms with Gasteiger partial charge in [0.2, 0.25) is 0 Å². The molecule has 0 aromatic carbocycles. The Morgan fingerprint density at radius 3 is 2.26 bits per heavy atom. The first kappa shape index (κ1) is 17.0. The molecule has 3 N–H and O–H groups in total. The SMILES string of the molecule is CCCCC(CC)CC(NN)C1CCC(CC)CC1. The molecule has 0 spiro atoms. The highest BCUT2D eigenvalue weighted by Crippen LogP contribution is 2.34. The van der Waals surface area contributed by atoms with Gasteiger partial charge >= 0.3 is 0 Å². The minimum absolute atomic E-state index is 0.555. The number of hydrogen-bond acceptors (Lipinski definition) is 2. The van der Waals surface area contributed by atoms with Gasteiger partial charge in [-0.2, -0.15) is 0 Å². The zero-order valence-electron chi connectivity index (χ0n) is 13.5. The van der Waals surface area contributed by atoms with Crippen molar-refractivity contribution in [1.29, 1.82) is 0 Å². The maximum Gasteiger partial charge on any atom is 0.0241 e. The van der Waals surface area contributed by atoms with Gasteiger partial charge in [0.1, 0.15) is 0 Å². The highest BCUT2D eigenvalue weighted by Gasteiger charge is 2.27. The normalized spacial score (nSPS) is 27.2. The molecule has 1 fully saturated rings. The van der Waals surface area contributed by atoms with Gasteiger partial charge in [-0.05, 0) is 37.0 Å². The van der Waals surface area contributed by atoms with Crippen molar-refractivity contribution in [2.45, 2.75) is 91.0 Å². The quantitative estimate of drug-likeness (QED) is 0.472. The number of hydrazine groups is 1. The molecule has 2 atom stereocenters. The van der Waals surface area contributed by atoms with E-state index in [1.54, 1.807) is 0 Å². The van der Waals surface area contributed by atoms with Crippen molar-refractivity contribution in [3.05, 3.63) is 0 Å². The van der Waals surface area contributed by atoms with Crippen molar-refractivity contribution in [3.8, 4) is 0 Å². The van der Waals surface area contributed by atoms with Crippen LogP contribution in [0.4, 0.5) is 0 Å². The van der Waals surface area contributed by atoms with Crippen LogP contribution >= 0.6 is 0 Å². The van der Waals surface area contributed by atoms with Gasteiger partial charge in [0.25, 0.3) is 0 Å². The number of rotatable bonds is 9. The number of nitrogens with one attached hydrogen (secondary N) is 1. The fourth-order valence-corrected chi connectivity index (χ4v) is 3.74. The lowest BCUT2D eigenvalue weighted by Gasteiger charge is -2.35. The van der Waals surface area contributed by atoms with Crippen molar-refractivity contribution in [2.75, 3.05) is 0 Å². The van der Waals surface area contributed by atoms with Crippen LogP contribution in [0, 0.1) is 17.8 Å². The Labute approximate surface area is 120 Å². The highest BCUT2D eigenvalue weighted by molar-refractivity contribution is 4.82. The summed E-state index contributed by atoms with van der Waals surface area (Å²) in [6.45, 7) is 6.96. The second-order valence-electron chi connectivity index (χ2n) is 6.61. The molecule has 0 aromatic heterocycles. The molecule has 0 aliphatic heterocycles. The van der Waals surface area contributed by atoms with E-state index < -0.39 is 0 Å². The molecule has 2 heteroatoms. The molecule has 1 saturated carbocycles. The van der Waals surface area contributed by atoms with E-state index in [2.05, 4.69) is 26.2 Å². The zero-order valence-corrected chi connectivity index (χ0v) is 13.5. The van der Waals surface area contributed by atoms with E-state index in [1.807, 2.05) is 0 Å². The van der Waals surface area contributed by atoms with E-state index >= 15 is 0 Å². The van der Waals surface area contributed by atoms with Gasteiger partial charge in [0.15, 0.2) is 0 Å². The number of unbranched alkanes of at least 4 members (excludes halogenated alkanes) is 1. The lowest BCUT2D eigenvalue weighted by Crippen LogP contribution is -2.43. The van der Waals surface area contributed by atoms with Crippen molar-refractivity contribution < 1.29 is 0 Å². The van der Waals surface area contributed by atoms with E-state index in [1.165, 1.54) is 64.2 Å². The molecule has 114 valence electrons. The molecule has 0 heterocycles. The van der Waals surface area contributed by atoms with Crippen LogP contribution in [0.1, 0.15) is 85.0 Å². The van der Waals surface area contributed by atoms with Gasteiger partial charge in [-0.25, -0.2) is 0 Å². The Morgan fingerprint density at radius 1 is 1.11 bits per heavy atom. The fourth-order valence-electron chi connectivity index (χ4n) is 3.74. The van der Waals surface area contributed by atoms with Gasteiger partial charge in [0, 0.05) is 6.04 Å². The second kappa shape index (κ2) is 9.77. The predicted molar refractivity (Wildman–Crippen MR) is 84.8 cm³/mol. The molecular formula is C17H36N2. The average Bonchev–Trinajstić information content (AvgIpc) is 2.48. The topological polar surface area (TPSA) is 38.0 Å². The van der Waals surface area contributed by atoms with Crippen LogP contribution in [0.2, 0.25) is 0 Å². The van der Waals surface area contributed by atoms with Crippen LogP contribution < -0.4 is 11.3 Å². The van der Waals surface area contributed by atoms with Crippen molar-refractivity contribution in [3.63, 3.8) is 0 Å². The van der Waals surface area contributed by atoms with Crippen LogP contribution in [-0.4, -0.2) is 6.04 Å². The summed E-state index contributed by atoms with van der Waals surface area (Å²) in [5.74, 6) is 8.52. The first-order valence-electron chi connectivity index (χ1n) is 8.71. The Kier molecular flexibility index (Phi) is 8.72. The highest BCUT2D eigenvalue weighted by atomic mass is 15.2. The summed E-state index contributed by atoms with van der Waals surface area (Å²) < 4.78 is 0. The first-order valence-corrected chi connectivity index (χ1v) is 8.71. The van der Waals surface area contributed by atoms with E-state index in [0.717, 1.165) is 17.8 Å². The Balaban J connectivity index is 2.39. The molecular weight excluding hydrogens is 232 g/mol. The lowest BCUT2D eigenvalue weighted by atomic mass is 9.75. The molecule has 0 bridgehead atoms. The lowest BCUT2D eigenvalue weighted by molar-refractivity contribution is 0.192. The molecule has 2 nitrogen and oxygen atoms in total. The van der Waals surface area contributed by atoms with Crippen LogP contribution in [0.15, 0.2) is 0 Å². The Morgan fingerprint density at radius 2 is 1.79 bits per heavy atom. The smallest absolute Gasteiger partial charge is 0.0241 e. The molecule has 0 saturated heterocycles. The maximum atomic E-state index is 5.85. The standard InChI is InChI=1S/C17H36N2/c1-4-7-8-15(6-3)13-17(19-18)16-11-9-14(5-2)10-12-16/h14-17,19H,4-13,18H2,1-3H3. The van der Waals surface area contributed by atoms with Crippen LogP contribution in [-0.2, 0) is 0 Å². The average molecular weight is 268 g/mol. The summed E-state index contributed by atoms with van der Waals surface area (Å²) in [6.07, 6.45) is 13.6. The molecule has 2 unspecified atom stereocenters. The summed E-state index contributed by atoms with van der Waals surface area (Å²) >= 11 is 0. The monoisotopic (exact) mass is 268 g/mol. The zero-order chi connectivity index (χ0) is 14.1. The Hall–Kier alpha value is -0.0800. The molecule has 0 aromatic rings. The third-order valence-corrected chi connectivity index (χ3v) is 5.38. The van der Waals surface area contributed by atoms with Gasteiger partial charge in [0.05, 0.1) is 0 Å². The van der Waals surface area contributed by atoms with Gasteiger partial charge in [-0.15, -0.1) is 0 Å². The van der Waals surface area contributed by atoms with Crippen molar-refractivity contribution in [2.24, 2.45) is 23.6 Å². The molecule has 19 heavy (non-hydrogen) atoms. The largest absolute Gasteiger partial charge is 0.271 e. The summed E-state index contributed by atoms with van der Waals surface area (Å²) in [5, 5.41) is 0. The summed E-state index contributed by atoms with van der Waals surface area (Å²) in [4.78, 5) is 0. The summed E-state index contributed by atoms with van der Waals surface area (Å²) in [6, 6.07) is 0.555. The van der Waals surface area contributed by atoms with E-state index in [9.17, 15) is 0 Å². The summed E-state index contributed by atoms with van der Waals surface area (Å²) in [7, 11) is 0. The predicted octanol–water partition coefficient (Wildman–Crippen LogP) is 4.64. The van der Waals surface area contributed by atoms with Crippen molar-refractivity contribution >= 4 is 0 Å². The van der Waals surface area contributed by atoms with E-state index in [0.29, 0.717) is 6.04 Å². The second-order valence-corrected chi connectivity index (χ2v) is 6.61. The van der Waals surface area contributed by atoms with Crippen LogP contribution in [0.3, 0.4) is 0 Å².